The maximum Gasteiger partial charge on any atom is 0.263 e. The van der Waals surface area contributed by atoms with Gasteiger partial charge in [0.2, 0.25) is 0 Å². The smallest absolute Gasteiger partial charge is 0.263 e. The number of thiazole rings is 1. The number of hydrogen-bond donors (Lipinski definition) is 1. The van der Waals surface area contributed by atoms with Crippen molar-refractivity contribution in [1.82, 2.24) is 10.3 Å². The van der Waals surface area contributed by atoms with Gasteiger partial charge in [-0.2, -0.15) is 0 Å². The molecule has 3 nitrogen and oxygen atoms in total. The molecular formula is C14H16N2OS. The third-order valence-electron chi connectivity index (χ3n) is 2.77. The molecule has 0 bridgehead atoms. The number of benzene rings is 1. The number of aromatic nitrogens is 1. The molecule has 0 fully saturated rings. The molecule has 0 unspecified atom stereocenters. The fourth-order valence-corrected chi connectivity index (χ4v) is 2.41. The summed E-state index contributed by atoms with van der Waals surface area (Å²) in [5.74, 6) is -0.0746. The zero-order valence-electron chi connectivity index (χ0n) is 10.7. The standard InChI is InChI=1S/C14H16N2OS/c1-10-15-9-12(18-10)13(17)16-14(2,3)11-7-5-4-6-8-11/h4-9H,1-3H3,(H,16,17). The van der Waals surface area contributed by atoms with Gasteiger partial charge in [0, 0.05) is 0 Å². The number of carbonyl (C=O) groups is 1. The van der Waals surface area contributed by atoms with E-state index in [0.29, 0.717) is 4.88 Å². The predicted molar refractivity (Wildman–Crippen MR) is 73.8 cm³/mol. The molecular weight excluding hydrogens is 244 g/mol. The van der Waals surface area contributed by atoms with E-state index in [4.69, 9.17) is 0 Å². The van der Waals surface area contributed by atoms with Crippen molar-refractivity contribution in [3.8, 4) is 0 Å². The summed E-state index contributed by atoms with van der Waals surface area (Å²) >= 11 is 1.41. The van der Waals surface area contributed by atoms with Crippen molar-refractivity contribution in [3.05, 3.63) is 52.0 Å². The third-order valence-corrected chi connectivity index (χ3v) is 3.68. The van der Waals surface area contributed by atoms with Crippen molar-refractivity contribution in [3.63, 3.8) is 0 Å². The number of nitrogens with zero attached hydrogens (tertiary/aromatic N) is 1. The average molecular weight is 260 g/mol. The summed E-state index contributed by atoms with van der Waals surface area (Å²) in [6.07, 6.45) is 1.62. The van der Waals surface area contributed by atoms with Crippen LogP contribution in [0.15, 0.2) is 36.5 Å². The van der Waals surface area contributed by atoms with Crippen LogP contribution < -0.4 is 5.32 Å². The Labute approximate surface area is 111 Å². The number of rotatable bonds is 3. The SMILES string of the molecule is Cc1ncc(C(=O)NC(C)(C)c2ccccc2)s1. The van der Waals surface area contributed by atoms with Crippen molar-refractivity contribution in [2.24, 2.45) is 0 Å². The van der Waals surface area contributed by atoms with Gasteiger partial charge in [-0.1, -0.05) is 30.3 Å². The van der Waals surface area contributed by atoms with Gasteiger partial charge in [0.1, 0.15) is 4.88 Å². The lowest BCUT2D eigenvalue weighted by molar-refractivity contribution is 0.0916. The zero-order valence-corrected chi connectivity index (χ0v) is 11.5. The molecule has 1 heterocycles. The average Bonchev–Trinajstić information content (AvgIpc) is 2.77. The molecule has 0 aliphatic rings. The Bertz CT molecular complexity index is 546. The second-order valence-electron chi connectivity index (χ2n) is 4.69. The first-order valence-corrected chi connectivity index (χ1v) is 6.61. The maximum absolute atomic E-state index is 12.1. The van der Waals surface area contributed by atoms with Gasteiger partial charge in [0.25, 0.3) is 5.91 Å². The number of amides is 1. The molecule has 1 aromatic heterocycles. The Balaban J connectivity index is 2.16. The molecule has 0 aliphatic heterocycles. The van der Waals surface area contributed by atoms with E-state index in [9.17, 15) is 4.79 Å². The van der Waals surface area contributed by atoms with Gasteiger partial charge in [-0.25, -0.2) is 4.98 Å². The third kappa shape index (κ3) is 2.76. The maximum atomic E-state index is 12.1. The van der Waals surface area contributed by atoms with E-state index in [1.807, 2.05) is 51.1 Å². The lowest BCUT2D eigenvalue weighted by Gasteiger charge is -2.26. The molecule has 0 atom stereocenters. The molecule has 0 aliphatic carbocycles. The van der Waals surface area contributed by atoms with E-state index in [2.05, 4.69) is 10.3 Å². The summed E-state index contributed by atoms with van der Waals surface area (Å²) < 4.78 is 0. The Hall–Kier alpha value is -1.68. The van der Waals surface area contributed by atoms with Crippen molar-refractivity contribution in [1.29, 1.82) is 0 Å². The topological polar surface area (TPSA) is 42.0 Å². The number of hydrogen-bond acceptors (Lipinski definition) is 3. The molecule has 1 N–H and O–H groups in total. The fourth-order valence-electron chi connectivity index (χ4n) is 1.74. The summed E-state index contributed by atoms with van der Waals surface area (Å²) in [4.78, 5) is 16.9. The summed E-state index contributed by atoms with van der Waals surface area (Å²) in [5.41, 5.74) is 0.690. The fraction of sp³-hybridized carbons (Fsp3) is 0.286. The van der Waals surface area contributed by atoms with Crippen molar-refractivity contribution in [2.75, 3.05) is 0 Å². The number of carbonyl (C=O) groups excluding carboxylic acids is 1. The van der Waals surface area contributed by atoms with Gasteiger partial charge >= 0.3 is 0 Å². The van der Waals surface area contributed by atoms with Gasteiger partial charge in [-0.15, -0.1) is 11.3 Å². The van der Waals surface area contributed by atoms with Crippen LogP contribution in [0.4, 0.5) is 0 Å². The minimum atomic E-state index is -0.393. The van der Waals surface area contributed by atoms with E-state index in [-0.39, 0.29) is 5.91 Å². The highest BCUT2D eigenvalue weighted by Gasteiger charge is 2.23. The molecule has 0 saturated heterocycles. The van der Waals surface area contributed by atoms with Gasteiger partial charge in [-0.05, 0) is 26.3 Å². The minimum Gasteiger partial charge on any atom is -0.342 e. The first-order chi connectivity index (χ1) is 8.49. The van der Waals surface area contributed by atoms with Crippen LogP contribution >= 0.6 is 11.3 Å². The highest BCUT2D eigenvalue weighted by molar-refractivity contribution is 7.13. The van der Waals surface area contributed by atoms with Crippen LogP contribution in [0.2, 0.25) is 0 Å². The van der Waals surface area contributed by atoms with Gasteiger partial charge in [0.15, 0.2) is 0 Å². The van der Waals surface area contributed by atoms with Crippen LogP contribution in [0.5, 0.6) is 0 Å². The Morgan fingerprint density at radius 3 is 2.50 bits per heavy atom. The highest BCUT2D eigenvalue weighted by Crippen LogP contribution is 2.21. The summed E-state index contributed by atoms with van der Waals surface area (Å²) in [5, 5.41) is 3.93. The molecule has 2 rings (SSSR count). The Morgan fingerprint density at radius 1 is 1.28 bits per heavy atom. The quantitative estimate of drug-likeness (QED) is 0.921. The summed E-state index contributed by atoms with van der Waals surface area (Å²) in [6, 6.07) is 9.94. The Morgan fingerprint density at radius 2 is 1.94 bits per heavy atom. The molecule has 1 aromatic carbocycles. The monoisotopic (exact) mass is 260 g/mol. The lowest BCUT2D eigenvalue weighted by Crippen LogP contribution is -2.40. The second-order valence-corrected chi connectivity index (χ2v) is 5.92. The van der Waals surface area contributed by atoms with Crippen LogP contribution in [-0.4, -0.2) is 10.9 Å². The normalized spacial score (nSPS) is 11.3. The van der Waals surface area contributed by atoms with Crippen LogP contribution in [-0.2, 0) is 5.54 Å². The zero-order chi connectivity index (χ0) is 13.2. The van der Waals surface area contributed by atoms with Crippen LogP contribution in [0.3, 0.4) is 0 Å². The van der Waals surface area contributed by atoms with E-state index in [1.54, 1.807) is 6.20 Å². The van der Waals surface area contributed by atoms with Gasteiger partial charge < -0.3 is 5.32 Å². The van der Waals surface area contributed by atoms with Crippen molar-refractivity contribution in [2.45, 2.75) is 26.3 Å². The molecule has 94 valence electrons. The first-order valence-electron chi connectivity index (χ1n) is 5.79. The molecule has 1 amide bonds. The van der Waals surface area contributed by atoms with Crippen LogP contribution in [0.1, 0.15) is 34.1 Å². The lowest BCUT2D eigenvalue weighted by atomic mass is 9.94. The highest BCUT2D eigenvalue weighted by atomic mass is 32.1. The van der Waals surface area contributed by atoms with Crippen molar-refractivity contribution >= 4 is 17.2 Å². The minimum absolute atomic E-state index is 0.0746. The molecule has 0 radical (unpaired) electrons. The second kappa shape index (κ2) is 4.90. The summed E-state index contributed by atoms with van der Waals surface area (Å²) in [6.45, 7) is 5.88. The Kier molecular flexibility index (Phi) is 3.48. The van der Waals surface area contributed by atoms with Gasteiger partial charge in [0.05, 0.1) is 16.7 Å². The van der Waals surface area contributed by atoms with Crippen molar-refractivity contribution < 1.29 is 4.79 Å². The molecule has 18 heavy (non-hydrogen) atoms. The van der Waals surface area contributed by atoms with Crippen LogP contribution in [0, 0.1) is 6.92 Å². The largest absolute Gasteiger partial charge is 0.342 e. The molecule has 4 heteroatoms. The first kappa shape index (κ1) is 12.8. The molecule has 0 saturated carbocycles. The predicted octanol–water partition coefficient (Wildman–Crippen LogP) is 3.12. The van der Waals surface area contributed by atoms with E-state index in [0.717, 1.165) is 10.6 Å². The number of aryl methyl sites for hydroxylation is 1. The molecule has 0 spiro atoms. The summed E-state index contributed by atoms with van der Waals surface area (Å²) in [7, 11) is 0. The number of nitrogens with one attached hydrogen (secondary N) is 1. The van der Waals surface area contributed by atoms with E-state index < -0.39 is 5.54 Å². The van der Waals surface area contributed by atoms with Crippen LogP contribution in [0.25, 0.3) is 0 Å². The molecule has 2 aromatic rings. The van der Waals surface area contributed by atoms with E-state index in [1.165, 1.54) is 11.3 Å². The van der Waals surface area contributed by atoms with Gasteiger partial charge in [-0.3, -0.25) is 4.79 Å². The van der Waals surface area contributed by atoms with E-state index >= 15 is 0 Å².